The van der Waals surface area contributed by atoms with E-state index in [0.29, 0.717) is 0 Å². The van der Waals surface area contributed by atoms with Crippen LogP contribution in [0.15, 0.2) is 23.9 Å². The molecular formula is C6H12N2. The van der Waals surface area contributed by atoms with Gasteiger partial charge < -0.3 is 5.43 Å². The third kappa shape index (κ3) is 1.80. The summed E-state index contributed by atoms with van der Waals surface area (Å²) in [5.74, 6) is 5.09. The molecule has 0 spiro atoms. The minimum atomic E-state index is 0.958. The molecule has 0 aliphatic carbocycles. The van der Waals surface area contributed by atoms with E-state index in [0.717, 1.165) is 11.3 Å². The predicted molar refractivity (Wildman–Crippen MR) is 35.9 cm³/mol. The van der Waals surface area contributed by atoms with Crippen molar-refractivity contribution in [3.8, 4) is 0 Å². The van der Waals surface area contributed by atoms with Crippen LogP contribution in [-0.4, -0.2) is 0 Å². The fourth-order valence-corrected chi connectivity index (χ4v) is 0.267. The van der Waals surface area contributed by atoms with Crippen LogP contribution in [0.5, 0.6) is 0 Å². The lowest BCUT2D eigenvalue weighted by Crippen LogP contribution is -2.19. The van der Waals surface area contributed by atoms with Crippen LogP contribution < -0.4 is 11.3 Å². The first kappa shape index (κ1) is 7.24. The molecule has 0 aromatic rings. The summed E-state index contributed by atoms with van der Waals surface area (Å²) in [6.07, 6.45) is 1.76. The summed E-state index contributed by atoms with van der Waals surface area (Å²) in [7, 11) is 0. The number of nitrogens with two attached hydrogens (primary N) is 1. The summed E-state index contributed by atoms with van der Waals surface area (Å²) in [6, 6.07) is 0. The number of allylic oxidation sites excluding steroid dienone is 3. The normalized spacial score (nSPS) is 12.4. The molecule has 0 saturated heterocycles. The van der Waals surface area contributed by atoms with Crippen molar-refractivity contribution in [1.29, 1.82) is 0 Å². The number of nitrogens with one attached hydrogen (secondary N) is 1. The van der Waals surface area contributed by atoms with Crippen molar-refractivity contribution in [3.05, 3.63) is 23.9 Å². The fraction of sp³-hybridized carbons (Fsp3) is 0.333. The zero-order chi connectivity index (χ0) is 6.57. The standard InChI is InChI=1S/C6H12N2/c1-4-5(2)6(3)8-7/h4,8H,1,7H2,2-3H3/b6-5-. The molecule has 0 rings (SSSR count). The van der Waals surface area contributed by atoms with Gasteiger partial charge in [-0.1, -0.05) is 12.7 Å². The first-order valence-electron chi connectivity index (χ1n) is 2.49. The summed E-state index contributed by atoms with van der Waals surface area (Å²) in [4.78, 5) is 0. The Kier molecular flexibility index (Phi) is 2.96. The highest BCUT2D eigenvalue weighted by atomic mass is 15.2. The molecule has 0 aromatic carbocycles. The van der Waals surface area contributed by atoms with Crippen LogP contribution >= 0.6 is 0 Å². The summed E-state index contributed by atoms with van der Waals surface area (Å²) < 4.78 is 0. The smallest absolute Gasteiger partial charge is 0.0257 e. The van der Waals surface area contributed by atoms with E-state index in [9.17, 15) is 0 Å². The average molecular weight is 112 g/mol. The van der Waals surface area contributed by atoms with Crippen LogP contribution in [0.2, 0.25) is 0 Å². The molecule has 0 aliphatic rings. The van der Waals surface area contributed by atoms with E-state index >= 15 is 0 Å². The van der Waals surface area contributed by atoms with Gasteiger partial charge in [-0.25, -0.2) is 0 Å². The molecule has 0 amide bonds. The van der Waals surface area contributed by atoms with Gasteiger partial charge in [0.25, 0.3) is 0 Å². The maximum atomic E-state index is 5.09. The highest BCUT2D eigenvalue weighted by Crippen LogP contribution is 1.97. The van der Waals surface area contributed by atoms with E-state index < -0.39 is 0 Å². The quantitative estimate of drug-likeness (QED) is 0.317. The van der Waals surface area contributed by atoms with Gasteiger partial charge in [0, 0.05) is 5.70 Å². The van der Waals surface area contributed by atoms with E-state index in [4.69, 9.17) is 5.84 Å². The summed E-state index contributed by atoms with van der Waals surface area (Å²) in [5.41, 5.74) is 4.56. The molecule has 2 nitrogen and oxygen atoms in total. The molecule has 3 N–H and O–H groups in total. The van der Waals surface area contributed by atoms with E-state index in [1.54, 1.807) is 6.08 Å². The molecule has 8 heavy (non-hydrogen) atoms. The highest BCUT2D eigenvalue weighted by Gasteiger charge is 1.84. The summed E-state index contributed by atoms with van der Waals surface area (Å²) in [5, 5.41) is 0. The topological polar surface area (TPSA) is 38.0 Å². The Morgan fingerprint density at radius 2 is 2.12 bits per heavy atom. The number of rotatable bonds is 2. The van der Waals surface area contributed by atoms with Crippen molar-refractivity contribution in [2.24, 2.45) is 5.84 Å². The van der Waals surface area contributed by atoms with Crippen LogP contribution in [-0.2, 0) is 0 Å². The Labute approximate surface area is 50.0 Å². The second kappa shape index (κ2) is 3.27. The van der Waals surface area contributed by atoms with Gasteiger partial charge >= 0.3 is 0 Å². The molecule has 0 bridgehead atoms. The summed E-state index contributed by atoms with van der Waals surface area (Å²) in [6.45, 7) is 7.42. The van der Waals surface area contributed by atoms with Crippen LogP contribution in [0.1, 0.15) is 13.8 Å². The zero-order valence-corrected chi connectivity index (χ0v) is 5.36. The third-order valence-electron chi connectivity index (χ3n) is 1.11. The lowest BCUT2D eigenvalue weighted by molar-refractivity contribution is 0.873. The first-order chi connectivity index (χ1) is 3.72. The monoisotopic (exact) mass is 112 g/mol. The zero-order valence-electron chi connectivity index (χ0n) is 5.36. The molecule has 2 heteroatoms. The van der Waals surface area contributed by atoms with Gasteiger partial charge in [0.05, 0.1) is 0 Å². The highest BCUT2D eigenvalue weighted by molar-refractivity contribution is 5.18. The minimum absolute atomic E-state index is 0.958. The molecule has 0 aliphatic heterocycles. The summed E-state index contributed by atoms with van der Waals surface area (Å²) >= 11 is 0. The average Bonchev–Trinajstić information content (AvgIpc) is 1.84. The Bertz CT molecular complexity index is 114. The lowest BCUT2D eigenvalue weighted by Gasteiger charge is -1.99. The lowest BCUT2D eigenvalue weighted by atomic mass is 10.2. The van der Waals surface area contributed by atoms with Crippen molar-refractivity contribution in [3.63, 3.8) is 0 Å². The Hall–Kier alpha value is -0.760. The Morgan fingerprint density at radius 3 is 2.25 bits per heavy atom. The van der Waals surface area contributed by atoms with E-state index in [-0.39, 0.29) is 0 Å². The second-order valence-corrected chi connectivity index (χ2v) is 1.66. The van der Waals surface area contributed by atoms with Crippen molar-refractivity contribution in [1.82, 2.24) is 5.43 Å². The molecule has 0 fully saturated rings. The van der Waals surface area contributed by atoms with Crippen LogP contribution in [0.25, 0.3) is 0 Å². The molecule has 0 radical (unpaired) electrons. The Morgan fingerprint density at radius 1 is 1.62 bits per heavy atom. The molecule has 0 aromatic heterocycles. The van der Waals surface area contributed by atoms with Crippen LogP contribution in [0.3, 0.4) is 0 Å². The molecule has 0 atom stereocenters. The maximum Gasteiger partial charge on any atom is 0.0257 e. The predicted octanol–water partition coefficient (Wildman–Crippen LogP) is 0.930. The SMILES string of the molecule is C=C/C(C)=C(/C)NN. The van der Waals surface area contributed by atoms with Crippen molar-refractivity contribution >= 4 is 0 Å². The largest absolute Gasteiger partial charge is 0.328 e. The van der Waals surface area contributed by atoms with Crippen LogP contribution in [0, 0.1) is 0 Å². The Balaban J connectivity index is 4.03. The van der Waals surface area contributed by atoms with E-state index in [1.165, 1.54) is 0 Å². The molecular weight excluding hydrogens is 100 g/mol. The number of hydrogen-bond acceptors (Lipinski definition) is 2. The fourth-order valence-electron chi connectivity index (χ4n) is 0.267. The van der Waals surface area contributed by atoms with Crippen molar-refractivity contribution in [2.45, 2.75) is 13.8 Å². The van der Waals surface area contributed by atoms with Gasteiger partial charge in [0.15, 0.2) is 0 Å². The van der Waals surface area contributed by atoms with E-state index in [1.807, 2.05) is 13.8 Å². The number of hydrazine groups is 1. The minimum Gasteiger partial charge on any atom is -0.328 e. The first-order valence-corrected chi connectivity index (χ1v) is 2.49. The molecule has 0 heterocycles. The number of hydrogen-bond donors (Lipinski definition) is 2. The van der Waals surface area contributed by atoms with Gasteiger partial charge in [0.1, 0.15) is 0 Å². The van der Waals surface area contributed by atoms with E-state index in [2.05, 4.69) is 12.0 Å². The van der Waals surface area contributed by atoms with Crippen molar-refractivity contribution in [2.75, 3.05) is 0 Å². The molecule has 46 valence electrons. The van der Waals surface area contributed by atoms with Gasteiger partial charge in [-0.05, 0) is 19.4 Å². The van der Waals surface area contributed by atoms with Gasteiger partial charge in [-0.2, -0.15) is 0 Å². The van der Waals surface area contributed by atoms with Gasteiger partial charge in [0.2, 0.25) is 0 Å². The molecule has 0 saturated carbocycles. The molecule has 0 unspecified atom stereocenters. The van der Waals surface area contributed by atoms with Crippen LogP contribution in [0.4, 0.5) is 0 Å². The van der Waals surface area contributed by atoms with Gasteiger partial charge in [-0.15, -0.1) is 0 Å². The maximum absolute atomic E-state index is 5.09. The third-order valence-corrected chi connectivity index (χ3v) is 1.11. The second-order valence-electron chi connectivity index (χ2n) is 1.66. The van der Waals surface area contributed by atoms with Crippen molar-refractivity contribution < 1.29 is 0 Å². The van der Waals surface area contributed by atoms with Gasteiger partial charge in [-0.3, -0.25) is 5.84 Å².